The number of alkyl halides is 3. The van der Waals surface area contributed by atoms with Crippen LogP contribution in [0.25, 0.3) is 0 Å². The fraction of sp³-hybridized carbons (Fsp3) is 0.696. The van der Waals surface area contributed by atoms with E-state index in [0.29, 0.717) is 31.4 Å². The standard InChI is InChI=1S/C23H33F3N2O5/c1-31-16-10-6-7-14(13-16)11-12-17-18(21(30)32-2)33-22(28-20(17)29)27-19(23(24,25)26)15-8-4-3-5-9-15/h6-7,10,13,15,17-19,21-22,27,30H,3-5,8-9,11-12H2,1-2H3,(H,28,29)/t17-,18?,19?,21?,22?/m1/s1. The van der Waals surface area contributed by atoms with Crippen molar-refractivity contribution in [3.63, 3.8) is 0 Å². The number of aliphatic hydroxyl groups excluding tert-OH is 1. The van der Waals surface area contributed by atoms with Crippen molar-refractivity contribution in [1.29, 1.82) is 0 Å². The molecule has 10 heteroatoms. The summed E-state index contributed by atoms with van der Waals surface area (Å²) in [5, 5.41) is 15.3. The number of methoxy groups -OCH3 is 2. The average molecular weight is 475 g/mol. The van der Waals surface area contributed by atoms with Crippen LogP contribution in [0.4, 0.5) is 13.2 Å². The number of aliphatic hydroxyl groups is 1. The van der Waals surface area contributed by atoms with Gasteiger partial charge in [0.05, 0.1) is 13.0 Å². The van der Waals surface area contributed by atoms with Crippen LogP contribution in [-0.2, 0) is 20.7 Å². The van der Waals surface area contributed by atoms with Gasteiger partial charge in [0.15, 0.2) is 12.6 Å². The second-order valence-corrected chi connectivity index (χ2v) is 8.70. The van der Waals surface area contributed by atoms with Crippen LogP contribution in [0.1, 0.15) is 44.1 Å². The second-order valence-electron chi connectivity index (χ2n) is 8.70. The lowest BCUT2D eigenvalue weighted by molar-refractivity contribution is -0.235. The van der Waals surface area contributed by atoms with Gasteiger partial charge in [0, 0.05) is 7.11 Å². The third kappa shape index (κ3) is 6.81. The van der Waals surface area contributed by atoms with Gasteiger partial charge in [-0.05, 0) is 49.3 Å². The second kappa shape index (κ2) is 11.5. The summed E-state index contributed by atoms with van der Waals surface area (Å²) in [6.45, 7) is 0. The maximum Gasteiger partial charge on any atom is 0.404 e. The van der Waals surface area contributed by atoms with Gasteiger partial charge < -0.3 is 24.6 Å². The normalized spacial score (nSPS) is 26.5. The van der Waals surface area contributed by atoms with Crippen molar-refractivity contribution in [2.24, 2.45) is 11.8 Å². The summed E-state index contributed by atoms with van der Waals surface area (Å²) < 4.78 is 57.3. The van der Waals surface area contributed by atoms with E-state index < -0.39 is 48.7 Å². The van der Waals surface area contributed by atoms with E-state index in [0.717, 1.165) is 24.8 Å². The molecule has 0 aromatic heterocycles. The van der Waals surface area contributed by atoms with Crippen LogP contribution in [0.2, 0.25) is 0 Å². The molecule has 33 heavy (non-hydrogen) atoms. The molecule has 5 atom stereocenters. The number of hydrogen-bond donors (Lipinski definition) is 3. The number of benzene rings is 1. The topological polar surface area (TPSA) is 89.1 Å². The number of nitrogens with one attached hydrogen (secondary N) is 2. The van der Waals surface area contributed by atoms with E-state index in [9.17, 15) is 23.1 Å². The maximum absolute atomic E-state index is 13.8. The van der Waals surface area contributed by atoms with Gasteiger partial charge in [-0.25, -0.2) is 0 Å². The van der Waals surface area contributed by atoms with Crippen LogP contribution >= 0.6 is 0 Å². The molecule has 1 aliphatic carbocycles. The minimum absolute atomic E-state index is 0.308. The predicted octanol–water partition coefficient (Wildman–Crippen LogP) is 3.11. The zero-order valence-electron chi connectivity index (χ0n) is 18.9. The highest BCUT2D eigenvalue weighted by molar-refractivity contribution is 5.80. The van der Waals surface area contributed by atoms with Crippen molar-refractivity contribution in [3.05, 3.63) is 29.8 Å². The largest absolute Gasteiger partial charge is 0.497 e. The molecule has 0 spiro atoms. The van der Waals surface area contributed by atoms with E-state index >= 15 is 0 Å². The number of carbonyl (C=O) groups is 1. The molecule has 0 radical (unpaired) electrons. The van der Waals surface area contributed by atoms with Crippen LogP contribution in [0, 0.1) is 11.8 Å². The van der Waals surface area contributed by atoms with E-state index in [-0.39, 0.29) is 0 Å². The van der Waals surface area contributed by atoms with E-state index in [4.69, 9.17) is 14.2 Å². The smallest absolute Gasteiger partial charge is 0.404 e. The molecule has 2 fully saturated rings. The monoisotopic (exact) mass is 474 g/mol. The fourth-order valence-corrected chi connectivity index (χ4v) is 4.73. The first kappa shape index (κ1) is 25.7. The van der Waals surface area contributed by atoms with Crippen LogP contribution in [0.15, 0.2) is 24.3 Å². The summed E-state index contributed by atoms with van der Waals surface area (Å²) in [7, 11) is 2.81. The number of hydrogen-bond acceptors (Lipinski definition) is 6. The van der Waals surface area contributed by atoms with Crippen LogP contribution in [-0.4, -0.2) is 56.2 Å². The lowest BCUT2D eigenvalue weighted by Gasteiger charge is -2.41. The molecule has 1 amide bonds. The minimum atomic E-state index is -4.49. The molecule has 7 nitrogen and oxygen atoms in total. The number of aryl methyl sites for hydroxylation is 1. The van der Waals surface area contributed by atoms with Gasteiger partial charge in [0.1, 0.15) is 17.9 Å². The van der Waals surface area contributed by atoms with Gasteiger partial charge in [0.2, 0.25) is 5.91 Å². The third-order valence-corrected chi connectivity index (χ3v) is 6.51. The minimum Gasteiger partial charge on any atom is -0.497 e. The molecule has 1 saturated heterocycles. The van der Waals surface area contributed by atoms with Gasteiger partial charge in [-0.1, -0.05) is 31.4 Å². The molecule has 1 aromatic rings. The average Bonchev–Trinajstić information content (AvgIpc) is 2.81. The summed E-state index contributed by atoms with van der Waals surface area (Å²) in [6.07, 6.45) is -4.32. The fourth-order valence-electron chi connectivity index (χ4n) is 4.73. The molecular formula is C23H33F3N2O5. The SMILES string of the molecule is COc1cccc(CC[C@H]2C(=O)NC(NC(C3CCCCC3)C(F)(F)F)OC2C(O)OC)c1. The molecule has 3 rings (SSSR count). The summed E-state index contributed by atoms with van der Waals surface area (Å²) in [6, 6.07) is 5.55. The molecule has 186 valence electrons. The Labute approximate surface area is 192 Å². The number of ether oxygens (including phenoxy) is 3. The predicted molar refractivity (Wildman–Crippen MR) is 114 cm³/mol. The summed E-state index contributed by atoms with van der Waals surface area (Å²) >= 11 is 0. The molecule has 1 saturated carbocycles. The summed E-state index contributed by atoms with van der Waals surface area (Å²) in [5.74, 6) is -1.21. The highest BCUT2D eigenvalue weighted by Crippen LogP contribution is 2.35. The van der Waals surface area contributed by atoms with Gasteiger partial charge >= 0.3 is 6.18 Å². The third-order valence-electron chi connectivity index (χ3n) is 6.51. The Hall–Kier alpha value is -1.88. The van der Waals surface area contributed by atoms with E-state index in [1.54, 1.807) is 13.2 Å². The van der Waals surface area contributed by atoms with Gasteiger partial charge in [-0.15, -0.1) is 0 Å². The highest BCUT2D eigenvalue weighted by Gasteiger charge is 2.48. The Bertz CT molecular complexity index is 773. The van der Waals surface area contributed by atoms with Crippen LogP contribution in [0.5, 0.6) is 5.75 Å². The van der Waals surface area contributed by atoms with Crippen molar-refractivity contribution in [2.45, 2.75) is 75.9 Å². The Kier molecular flexibility index (Phi) is 8.97. The number of rotatable bonds is 9. The molecule has 2 aliphatic rings. The molecule has 0 bridgehead atoms. The lowest BCUT2D eigenvalue weighted by atomic mass is 9.83. The molecule has 4 unspecified atom stereocenters. The molecule has 1 aliphatic heterocycles. The number of carbonyl (C=O) groups excluding carboxylic acids is 1. The maximum atomic E-state index is 13.8. The van der Waals surface area contributed by atoms with Gasteiger partial charge in [0.25, 0.3) is 0 Å². The first-order valence-electron chi connectivity index (χ1n) is 11.4. The van der Waals surface area contributed by atoms with E-state index in [2.05, 4.69) is 10.6 Å². The van der Waals surface area contributed by atoms with Crippen molar-refractivity contribution >= 4 is 5.91 Å². The van der Waals surface area contributed by atoms with Crippen molar-refractivity contribution in [3.8, 4) is 5.75 Å². The van der Waals surface area contributed by atoms with Crippen molar-refractivity contribution in [2.75, 3.05) is 14.2 Å². The van der Waals surface area contributed by atoms with E-state index in [1.807, 2.05) is 18.2 Å². The quantitative estimate of drug-likeness (QED) is 0.477. The molecule has 3 N–H and O–H groups in total. The van der Waals surface area contributed by atoms with Crippen LogP contribution in [0.3, 0.4) is 0 Å². The van der Waals surface area contributed by atoms with Gasteiger partial charge in [-0.3, -0.25) is 10.1 Å². The Balaban J connectivity index is 1.70. The number of halogens is 3. The molecular weight excluding hydrogens is 441 g/mol. The summed E-state index contributed by atoms with van der Waals surface area (Å²) in [5.41, 5.74) is 0.919. The highest BCUT2D eigenvalue weighted by atomic mass is 19.4. The number of amides is 1. The first-order valence-corrected chi connectivity index (χ1v) is 11.4. The molecule has 1 heterocycles. The summed E-state index contributed by atoms with van der Waals surface area (Å²) in [4.78, 5) is 12.9. The Morgan fingerprint density at radius 3 is 2.61 bits per heavy atom. The lowest BCUT2D eigenvalue weighted by Crippen LogP contribution is -2.65. The Morgan fingerprint density at radius 1 is 1.24 bits per heavy atom. The zero-order chi connectivity index (χ0) is 24.0. The van der Waals surface area contributed by atoms with Crippen molar-refractivity contribution in [1.82, 2.24) is 10.6 Å². The Morgan fingerprint density at radius 2 is 1.97 bits per heavy atom. The zero-order valence-corrected chi connectivity index (χ0v) is 18.9. The molecule has 1 aromatic carbocycles. The first-order chi connectivity index (χ1) is 15.7. The van der Waals surface area contributed by atoms with Crippen molar-refractivity contribution < 1.29 is 37.3 Å². The van der Waals surface area contributed by atoms with Crippen LogP contribution < -0.4 is 15.4 Å². The van der Waals surface area contributed by atoms with E-state index in [1.165, 1.54) is 7.11 Å². The van der Waals surface area contributed by atoms with Gasteiger partial charge in [-0.2, -0.15) is 13.2 Å².